The van der Waals surface area contributed by atoms with Gasteiger partial charge in [0.25, 0.3) is 0 Å². The van der Waals surface area contributed by atoms with Gasteiger partial charge in [0.2, 0.25) is 5.88 Å². The zero-order valence-electron chi connectivity index (χ0n) is 9.72. The molecule has 0 spiro atoms. The molecule has 0 saturated carbocycles. The Morgan fingerprint density at radius 3 is 2.53 bits per heavy atom. The monoisotopic (exact) mass is 266 g/mol. The molecule has 98 valence electrons. The van der Waals surface area contributed by atoms with Gasteiger partial charge < -0.3 is 9.84 Å². The second-order valence-corrected chi connectivity index (χ2v) is 3.55. The predicted molar refractivity (Wildman–Crippen MR) is 60.9 cm³/mol. The summed E-state index contributed by atoms with van der Waals surface area (Å²) in [5.41, 5.74) is -0.146. The third-order valence-electron chi connectivity index (χ3n) is 2.31. The molecule has 0 unspecified atom stereocenters. The first-order valence-electron chi connectivity index (χ1n) is 5.13. The Bertz CT molecular complexity index is 647. The number of hydrogen-bond acceptors (Lipinski definition) is 4. The van der Waals surface area contributed by atoms with Crippen molar-refractivity contribution < 1.29 is 23.4 Å². The zero-order chi connectivity index (χ0) is 14.0. The van der Waals surface area contributed by atoms with E-state index in [1.165, 1.54) is 13.2 Å². The molecular formula is C12H8F2N2O3. The molecular weight excluding hydrogens is 258 g/mol. The average Bonchev–Trinajstić information content (AvgIpc) is 2.41. The fourth-order valence-corrected chi connectivity index (χ4v) is 1.40. The number of benzene rings is 1. The van der Waals surface area contributed by atoms with Crippen LogP contribution in [0.5, 0.6) is 5.88 Å². The summed E-state index contributed by atoms with van der Waals surface area (Å²) in [6, 6.07) is 4.17. The van der Waals surface area contributed by atoms with E-state index in [4.69, 9.17) is 9.84 Å². The first-order valence-corrected chi connectivity index (χ1v) is 5.13. The normalized spacial score (nSPS) is 10.3. The van der Waals surface area contributed by atoms with Crippen LogP contribution in [-0.2, 0) is 0 Å². The van der Waals surface area contributed by atoms with E-state index < -0.39 is 17.6 Å². The van der Waals surface area contributed by atoms with Gasteiger partial charge in [-0.15, -0.1) is 0 Å². The smallest absolute Gasteiger partial charge is 0.354 e. The Morgan fingerprint density at radius 2 is 1.95 bits per heavy atom. The second-order valence-electron chi connectivity index (χ2n) is 3.55. The van der Waals surface area contributed by atoms with E-state index in [-0.39, 0.29) is 23.0 Å². The van der Waals surface area contributed by atoms with Crippen LogP contribution < -0.4 is 4.74 Å². The molecule has 0 bridgehead atoms. The number of carboxylic acids is 1. The number of nitrogens with zero attached hydrogens (tertiary/aromatic N) is 2. The van der Waals surface area contributed by atoms with Crippen molar-refractivity contribution in [2.75, 3.05) is 7.11 Å². The first kappa shape index (κ1) is 12.9. The van der Waals surface area contributed by atoms with Crippen LogP contribution >= 0.6 is 0 Å². The minimum Gasteiger partial charge on any atom is -0.481 e. The van der Waals surface area contributed by atoms with E-state index in [2.05, 4.69) is 9.97 Å². The molecule has 0 atom stereocenters. The molecule has 1 heterocycles. The van der Waals surface area contributed by atoms with E-state index in [0.717, 1.165) is 18.2 Å². The van der Waals surface area contributed by atoms with Gasteiger partial charge in [0.05, 0.1) is 7.11 Å². The maximum atomic E-state index is 13.1. The highest BCUT2D eigenvalue weighted by Gasteiger charge is 2.13. The van der Waals surface area contributed by atoms with Crippen LogP contribution in [0.2, 0.25) is 0 Å². The minimum absolute atomic E-state index is 0.0205. The quantitative estimate of drug-likeness (QED) is 0.921. The summed E-state index contributed by atoms with van der Waals surface area (Å²) in [5.74, 6) is -3.39. The van der Waals surface area contributed by atoms with E-state index in [9.17, 15) is 13.6 Å². The van der Waals surface area contributed by atoms with Gasteiger partial charge in [0.1, 0.15) is 0 Å². The molecule has 0 radical (unpaired) electrons. The van der Waals surface area contributed by atoms with Crippen LogP contribution in [0.1, 0.15) is 10.5 Å². The van der Waals surface area contributed by atoms with Gasteiger partial charge >= 0.3 is 5.97 Å². The van der Waals surface area contributed by atoms with E-state index in [0.29, 0.717) is 0 Å². The van der Waals surface area contributed by atoms with Gasteiger partial charge in [-0.25, -0.2) is 18.6 Å². The topological polar surface area (TPSA) is 72.3 Å². The SMILES string of the molecule is COc1cc(C(=O)O)nc(-c2ccc(F)c(F)c2)n1. The molecule has 0 amide bonds. The highest BCUT2D eigenvalue weighted by atomic mass is 19.2. The molecule has 19 heavy (non-hydrogen) atoms. The highest BCUT2D eigenvalue weighted by Crippen LogP contribution is 2.21. The molecule has 0 aliphatic carbocycles. The molecule has 2 aromatic rings. The summed E-state index contributed by atoms with van der Waals surface area (Å²) in [6.45, 7) is 0. The molecule has 0 aliphatic heterocycles. The minimum atomic E-state index is -1.27. The van der Waals surface area contributed by atoms with Crippen molar-refractivity contribution in [1.29, 1.82) is 0 Å². The zero-order valence-corrected chi connectivity index (χ0v) is 9.72. The Morgan fingerprint density at radius 1 is 1.21 bits per heavy atom. The van der Waals surface area contributed by atoms with Crippen LogP contribution in [0.25, 0.3) is 11.4 Å². The summed E-state index contributed by atoms with van der Waals surface area (Å²) >= 11 is 0. The molecule has 1 aromatic carbocycles. The highest BCUT2D eigenvalue weighted by molar-refractivity contribution is 5.86. The van der Waals surface area contributed by atoms with Gasteiger partial charge in [0.15, 0.2) is 23.2 Å². The van der Waals surface area contributed by atoms with Crippen molar-refractivity contribution in [2.45, 2.75) is 0 Å². The standard InChI is InChI=1S/C12H8F2N2O3/c1-19-10-5-9(12(17)18)15-11(16-10)6-2-3-7(13)8(14)4-6/h2-5H,1H3,(H,17,18). The lowest BCUT2D eigenvalue weighted by atomic mass is 10.2. The number of methoxy groups -OCH3 is 1. The summed E-state index contributed by atoms with van der Waals surface area (Å²) < 4.78 is 30.8. The molecule has 1 aromatic heterocycles. The maximum absolute atomic E-state index is 13.1. The summed E-state index contributed by atoms with van der Waals surface area (Å²) in [5, 5.41) is 8.89. The number of carbonyl (C=O) groups is 1. The lowest BCUT2D eigenvalue weighted by Crippen LogP contribution is -2.04. The lowest BCUT2D eigenvalue weighted by Gasteiger charge is -2.05. The maximum Gasteiger partial charge on any atom is 0.354 e. The third-order valence-corrected chi connectivity index (χ3v) is 2.31. The van der Waals surface area contributed by atoms with Gasteiger partial charge in [-0.1, -0.05) is 0 Å². The van der Waals surface area contributed by atoms with Crippen LogP contribution in [0.4, 0.5) is 8.78 Å². The van der Waals surface area contributed by atoms with Crippen LogP contribution in [-0.4, -0.2) is 28.2 Å². The summed E-state index contributed by atoms with van der Waals surface area (Å²) in [6.07, 6.45) is 0. The molecule has 1 N–H and O–H groups in total. The van der Waals surface area contributed by atoms with Crippen molar-refractivity contribution in [3.63, 3.8) is 0 Å². The summed E-state index contributed by atoms with van der Waals surface area (Å²) in [7, 11) is 1.31. The van der Waals surface area contributed by atoms with E-state index >= 15 is 0 Å². The van der Waals surface area contributed by atoms with Gasteiger partial charge in [-0.2, -0.15) is 4.98 Å². The van der Waals surface area contributed by atoms with E-state index in [1.54, 1.807) is 0 Å². The van der Waals surface area contributed by atoms with Crippen LogP contribution in [0.3, 0.4) is 0 Å². The molecule has 7 heteroatoms. The number of aromatic carboxylic acids is 1. The Labute approximate surface area is 106 Å². The van der Waals surface area contributed by atoms with Crippen molar-refractivity contribution >= 4 is 5.97 Å². The molecule has 5 nitrogen and oxygen atoms in total. The third kappa shape index (κ3) is 2.65. The van der Waals surface area contributed by atoms with Crippen molar-refractivity contribution in [2.24, 2.45) is 0 Å². The van der Waals surface area contributed by atoms with Crippen LogP contribution in [0, 0.1) is 11.6 Å². The van der Waals surface area contributed by atoms with Gasteiger partial charge in [-0.3, -0.25) is 0 Å². The van der Waals surface area contributed by atoms with E-state index in [1.807, 2.05) is 0 Å². The molecule has 2 rings (SSSR count). The lowest BCUT2D eigenvalue weighted by molar-refractivity contribution is 0.0690. The van der Waals surface area contributed by atoms with Crippen molar-refractivity contribution in [1.82, 2.24) is 9.97 Å². The van der Waals surface area contributed by atoms with Crippen molar-refractivity contribution in [3.8, 4) is 17.3 Å². The van der Waals surface area contributed by atoms with Crippen molar-refractivity contribution in [3.05, 3.63) is 41.6 Å². The largest absolute Gasteiger partial charge is 0.481 e. The fraction of sp³-hybridized carbons (Fsp3) is 0.0833. The predicted octanol–water partition coefficient (Wildman–Crippen LogP) is 2.13. The number of aromatic nitrogens is 2. The Balaban J connectivity index is 2.57. The number of hydrogen-bond donors (Lipinski definition) is 1. The average molecular weight is 266 g/mol. The summed E-state index contributed by atoms with van der Waals surface area (Å²) in [4.78, 5) is 18.5. The Hall–Kier alpha value is -2.57. The number of halogens is 2. The number of ether oxygens (including phenoxy) is 1. The first-order chi connectivity index (χ1) is 9.01. The second kappa shape index (κ2) is 4.97. The molecule has 0 fully saturated rings. The van der Waals surface area contributed by atoms with Crippen LogP contribution in [0.15, 0.2) is 24.3 Å². The number of carboxylic acid groups (broad SMARTS) is 1. The fourth-order valence-electron chi connectivity index (χ4n) is 1.40. The van der Waals surface area contributed by atoms with Gasteiger partial charge in [-0.05, 0) is 18.2 Å². The number of rotatable bonds is 3. The Kier molecular flexibility index (Phi) is 3.37. The molecule has 0 saturated heterocycles. The van der Waals surface area contributed by atoms with Gasteiger partial charge in [0, 0.05) is 11.6 Å². The molecule has 0 aliphatic rings.